The number of nitrogens with zero attached hydrogens (tertiary/aromatic N) is 3. The van der Waals surface area contributed by atoms with Crippen molar-refractivity contribution in [2.75, 3.05) is 5.32 Å². The van der Waals surface area contributed by atoms with Gasteiger partial charge in [0.25, 0.3) is 0 Å². The van der Waals surface area contributed by atoms with Crippen LogP contribution in [-0.4, -0.2) is 14.9 Å². The molecule has 1 N–H and O–H groups in total. The molecule has 9 heteroatoms. The topological polar surface area (TPSA) is 81.0 Å². The molecule has 0 fully saturated rings. The summed E-state index contributed by atoms with van der Waals surface area (Å²) in [6.07, 6.45) is 1.14. The predicted octanol–water partition coefficient (Wildman–Crippen LogP) is 4.21. The van der Waals surface area contributed by atoms with Crippen LogP contribution in [0.2, 0.25) is 5.02 Å². The average molecular weight is 337 g/mol. The molecule has 0 bridgehead atoms. The second-order valence-corrected chi connectivity index (χ2v) is 4.99. The maximum Gasteiger partial charge on any atom is 0.305 e. The van der Waals surface area contributed by atoms with Gasteiger partial charge in [-0.2, -0.15) is 4.39 Å². The quantitative estimate of drug-likeness (QED) is 0.572. The lowest BCUT2D eigenvalue weighted by molar-refractivity contribution is -0.387. The van der Waals surface area contributed by atoms with E-state index in [-0.39, 0.29) is 22.4 Å². The van der Waals surface area contributed by atoms with Gasteiger partial charge in [-0.05, 0) is 18.2 Å². The molecular formula is C14H7ClF2N4O2. The second-order valence-electron chi connectivity index (χ2n) is 4.55. The highest BCUT2D eigenvalue weighted by atomic mass is 35.5. The molecule has 2 aromatic carbocycles. The van der Waals surface area contributed by atoms with Gasteiger partial charge in [-0.25, -0.2) is 14.4 Å². The molecule has 0 aliphatic rings. The van der Waals surface area contributed by atoms with Crippen LogP contribution in [0.4, 0.5) is 26.0 Å². The third-order valence-electron chi connectivity index (χ3n) is 3.08. The highest BCUT2D eigenvalue weighted by Gasteiger charge is 2.18. The van der Waals surface area contributed by atoms with E-state index in [2.05, 4.69) is 15.3 Å². The molecule has 23 heavy (non-hydrogen) atoms. The Kier molecular flexibility index (Phi) is 3.75. The number of nitro benzene ring substituents is 1. The summed E-state index contributed by atoms with van der Waals surface area (Å²) < 4.78 is 27.4. The number of halogens is 3. The third-order valence-corrected chi connectivity index (χ3v) is 3.32. The van der Waals surface area contributed by atoms with Gasteiger partial charge in [-0.15, -0.1) is 0 Å². The highest BCUT2D eigenvalue weighted by molar-refractivity contribution is 6.30. The molecule has 3 aromatic rings. The fraction of sp³-hybridized carbons (Fsp3) is 0. The summed E-state index contributed by atoms with van der Waals surface area (Å²) >= 11 is 5.81. The van der Waals surface area contributed by atoms with Gasteiger partial charge in [0.05, 0.1) is 21.5 Å². The predicted molar refractivity (Wildman–Crippen MR) is 80.8 cm³/mol. The van der Waals surface area contributed by atoms with Crippen molar-refractivity contribution >= 4 is 39.7 Å². The van der Waals surface area contributed by atoms with Gasteiger partial charge in [0, 0.05) is 17.2 Å². The summed E-state index contributed by atoms with van der Waals surface area (Å²) in [5, 5.41) is 14.0. The van der Waals surface area contributed by atoms with Crippen LogP contribution in [0.15, 0.2) is 36.7 Å². The number of rotatable bonds is 3. The van der Waals surface area contributed by atoms with Gasteiger partial charge < -0.3 is 5.32 Å². The van der Waals surface area contributed by atoms with Crippen LogP contribution < -0.4 is 5.32 Å². The van der Waals surface area contributed by atoms with E-state index in [9.17, 15) is 18.9 Å². The standard InChI is InChI=1S/C14H7ClF2N4O2/c15-7-1-2-9(16)12(3-7)20-14-8-4-13(21(22)23)10(17)5-11(8)18-6-19-14/h1-6H,(H,18,19,20). The Bertz CT molecular complexity index is 936. The minimum atomic E-state index is -1.01. The van der Waals surface area contributed by atoms with E-state index in [0.717, 1.165) is 24.5 Å². The van der Waals surface area contributed by atoms with E-state index in [1.807, 2.05) is 0 Å². The smallest absolute Gasteiger partial charge is 0.305 e. The van der Waals surface area contributed by atoms with E-state index < -0.39 is 22.2 Å². The first kappa shape index (κ1) is 15.0. The summed E-state index contributed by atoms with van der Waals surface area (Å²) in [4.78, 5) is 17.8. The Morgan fingerprint density at radius 1 is 1.13 bits per heavy atom. The average Bonchev–Trinajstić information content (AvgIpc) is 2.50. The van der Waals surface area contributed by atoms with Crippen molar-refractivity contribution in [3.05, 3.63) is 63.4 Å². The van der Waals surface area contributed by atoms with Crippen LogP contribution in [0.3, 0.4) is 0 Å². The van der Waals surface area contributed by atoms with Crippen LogP contribution in [0.25, 0.3) is 10.9 Å². The molecule has 0 spiro atoms. The molecule has 0 atom stereocenters. The van der Waals surface area contributed by atoms with Crippen LogP contribution in [-0.2, 0) is 0 Å². The fourth-order valence-corrected chi connectivity index (χ4v) is 2.20. The van der Waals surface area contributed by atoms with Gasteiger partial charge in [-0.3, -0.25) is 10.1 Å². The first-order valence-corrected chi connectivity index (χ1v) is 6.64. The molecule has 116 valence electrons. The first-order chi connectivity index (χ1) is 11.0. The Balaban J connectivity index is 2.15. The molecule has 1 aromatic heterocycles. The van der Waals surface area contributed by atoms with Crippen molar-refractivity contribution in [2.45, 2.75) is 0 Å². The van der Waals surface area contributed by atoms with E-state index in [4.69, 9.17) is 11.6 Å². The Morgan fingerprint density at radius 2 is 1.91 bits per heavy atom. The molecule has 0 amide bonds. The van der Waals surface area contributed by atoms with Crippen molar-refractivity contribution in [1.29, 1.82) is 0 Å². The Morgan fingerprint density at radius 3 is 2.65 bits per heavy atom. The molecule has 6 nitrogen and oxygen atoms in total. The van der Waals surface area contributed by atoms with Crippen molar-refractivity contribution in [2.24, 2.45) is 0 Å². The molecule has 0 unspecified atom stereocenters. The van der Waals surface area contributed by atoms with Crippen LogP contribution in [0.1, 0.15) is 0 Å². The maximum absolute atomic E-state index is 13.8. The first-order valence-electron chi connectivity index (χ1n) is 6.26. The summed E-state index contributed by atoms with van der Waals surface area (Å²) in [6.45, 7) is 0. The zero-order chi connectivity index (χ0) is 16.6. The Hall–Kier alpha value is -2.87. The highest BCUT2D eigenvalue weighted by Crippen LogP contribution is 2.30. The third kappa shape index (κ3) is 2.88. The normalized spacial score (nSPS) is 10.7. The van der Waals surface area contributed by atoms with Gasteiger partial charge >= 0.3 is 5.69 Å². The minimum Gasteiger partial charge on any atom is -0.337 e. The number of hydrogen-bond donors (Lipinski definition) is 1. The van der Waals surface area contributed by atoms with Crippen LogP contribution in [0.5, 0.6) is 0 Å². The fourth-order valence-electron chi connectivity index (χ4n) is 2.03. The van der Waals surface area contributed by atoms with Crippen molar-refractivity contribution < 1.29 is 13.7 Å². The van der Waals surface area contributed by atoms with Crippen LogP contribution >= 0.6 is 11.6 Å². The van der Waals surface area contributed by atoms with E-state index in [1.54, 1.807) is 0 Å². The number of benzene rings is 2. The monoisotopic (exact) mass is 336 g/mol. The molecule has 0 aliphatic heterocycles. The van der Waals surface area contributed by atoms with Gasteiger partial charge in [0.1, 0.15) is 18.0 Å². The van der Waals surface area contributed by atoms with Crippen LogP contribution in [0, 0.1) is 21.7 Å². The molecule has 0 saturated carbocycles. The zero-order valence-electron chi connectivity index (χ0n) is 11.3. The summed E-state index contributed by atoms with van der Waals surface area (Å²) in [5.74, 6) is -1.50. The molecule has 0 radical (unpaired) electrons. The number of nitro groups is 1. The van der Waals surface area contributed by atoms with Crippen molar-refractivity contribution in [3.8, 4) is 0 Å². The Labute approximate surface area is 132 Å². The SMILES string of the molecule is O=[N+]([O-])c1cc2c(Nc3cc(Cl)ccc3F)ncnc2cc1F. The van der Waals surface area contributed by atoms with E-state index in [0.29, 0.717) is 5.02 Å². The molecule has 1 heterocycles. The molecular weight excluding hydrogens is 330 g/mol. The summed E-state index contributed by atoms with van der Waals surface area (Å²) in [5.41, 5.74) is -0.542. The molecule has 0 aliphatic carbocycles. The lowest BCUT2D eigenvalue weighted by atomic mass is 10.2. The number of aromatic nitrogens is 2. The van der Waals surface area contributed by atoms with E-state index >= 15 is 0 Å². The maximum atomic E-state index is 13.8. The minimum absolute atomic E-state index is 0.0319. The number of nitrogens with one attached hydrogen (secondary N) is 1. The lowest BCUT2D eigenvalue weighted by Gasteiger charge is -2.09. The summed E-state index contributed by atoms with van der Waals surface area (Å²) in [7, 11) is 0. The number of fused-ring (bicyclic) bond motifs is 1. The molecule has 3 rings (SSSR count). The van der Waals surface area contributed by atoms with Gasteiger partial charge in [0.15, 0.2) is 0 Å². The summed E-state index contributed by atoms with van der Waals surface area (Å²) in [6, 6.07) is 5.80. The van der Waals surface area contributed by atoms with Crippen molar-refractivity contribution in [3.63, 3.8) is 0 Å². The van der Waals surface area contributed by atoms with Gasteiger partial charge in [-0.1, -0.05) is 11.6 Å². The van der Waals surface area contributed by atoms with E-state index in [1.165, 1.54) is 12.1 Å². The molecule has 0 saturated heterocycles. The zero-order valence-corrected chi connectivity index (χ0v) is 12.0. The second kappa shape index (κ2) is 5.73. The number of hydrogen-bond acceptors (Lipinski definition) is 5. The van der Waals surface area contributed by atoms with Gasteiger partial charge in [0.2, 0.25) is 5.82 Å². The largest absolute Gasteiger partial charge is 0.337 e. The van der Waals surface area contributed by atoms with Crippen molar-refractivity contribution in [1.82, 2.24) is 9.97 Å². The lowest BCUT2D eigenvalue weighted by Crippen LogP contribution is -2.00. The number of anilines is 2.